The van der Waals surface area contributed by atoms with E-state index in [2.05, 4.69) is 227 Å². The summed E-state index contributed by atoms with van der Waals surface area (Å²) in [4.78, 5) is 10.6. The number of rotatable bonds is 6. The number of imidazole rings is 1. The lowest BCUT2D eigenvalue weighted by Gasteiger charge is -2.13. The van der Waals surface area contributed by atoms with Crippen molar-refractivity contribution in [3.8, 4) is 61.8 Å². The van der Waals surface area contributed by atoms with Gasteiger partial charge in [0.2, 0.25) is 0 Å². The lowest BCUT2D eigenvalue weighted by molar-refractivity contribution is 1.15. The van der Waals surface area contributed by atoms with Gasteiger partial charge < -0.3 is 0 Å². The number of hydrogen-bond donors (Lipinski definition) is 0. The van der Waals surface area contributed by atoms with Crippen LogP contribution in [0.4, 0.5) is 0 Å². The Labute approximate surface area is 346 Å². The van der Waals surface area contributed by atoms with Gasteiger partial charge in [0, 0.05) is 33.3 Å². The van der Waals surface area contributed by atoms with E-state index in [1.165, 1.54) is 38.3 Å². The third-order valence-corrected chi connectivity index (χ3v) is 11.9. The fraction of sp³-hybridized carbons (Fsp3) is 0. The van der Waals surface area contributed by atoms with Gasteiger partial charge in [0.15, 0.2) is 5.82 Å². The second-order valence-corrected chi connectivity index (χ2v) is 15.4. The molecule has 3 aromatic heterocycles. The Balaban J connectivity index is 1.000. The topological polar surface area (TPSA) is 35.1 Å². The molecule has 0 atom stereocenters. The highest BCUT2D eigenvalue weighted by atomic mass is 15.1. The smallest absolute Gasteiger partial charge is 0.161 e. The monoisotopic (exact) mass is 764 g/mol. The van der Waals surface area contributed by atoms with Crippen LogP contribution in [0.25, 0.3) is 111 Å². The first-order chi connectivity index (χ1) is 29.8. The standard InChI is InChI=1S/C56H36N4/c1-2-17-40(18-3-1)54-48-25-8-9-28-51(48)60-53-30-11-10-29-52(53)59(56(54)60)43-33-31-37(32-34-43)41-21-12-22-42(35-41)49-36-50(46-26-13-19-38-15-4-6-23-44(38)46)58-55(57-49)47-27-14-20-39-16-5-7-24-45(39)47/h1-36H. The average Bonchev–Trinajstić information content (AvgIpc) is 3.84. The Morgan fingerprint density at radius 3 is 1.65 bits per heavy atom. The van der Waals surface area contributed by atoms with Crippen LogP contribution in [-0.4, -0.2) is 18.9 Å². The summed E-state index contributed by atoms with van der Waals surface area (Å²) >= 11 is 0. The highest BCUT2D eigenvalue weighted by Gasteiger charge is 2.22. The number of aromatic nitrogens is 4. The third kappa shape index (κ3) is 5.46. The molecule has 4 heteroatoms. The zero-order valence-corrected chi connectivity index (χ0v) is 32.6. The normalized spacial score (nSPS) is 11.7. The van der Waals surface area contributed by atoms with Crippen LogP contribution in [0, 0.1) is 0 Å². The fourth-order valence-electron chi connectivity index (χ4n) is 9.17. The fourth-order valence-corrected chi connectivity index (χ4v) is 9.17. The van der Waals surface area contributed by atoms with Crippen LogP contribution < -0.4 is 0 Å². The zero-order valence-electron chi connectivity index (χ0n) is 32.6. The van der Waals surface area contributed by atoms with Gasteiger partial charge >= 0.3 is 0 Å². The van der Waals surface area contributed by atoms with Crippen molar-refractivity contribution >= 4 is 49.1 Å². The van der Waals surface area contributed by atoms with E-state index in [0.717, 1.165) is 66.8 Å². The molecular weight excluding hydrogens is 729 g/mol. The molecule has 0 aliphatic heterocycles. The van der Waals surface area contributed by atoms with Gasteiger partial charge in [-0.25, -0.2) is 9.97 Å². The summed E-state index contributed by atoms with van der Waals surface area (Å²) < 4.78 is 4.84. The lowest BCUT2D eigenvalue weighted by Crippen LogP contribution is -1.97. The van der Waals surface area contributed by atoms with Crippen molar-refractivity contribution in [2.75, 3.05) is 0 Å². The average molecular weight is 765 g/mol. The summed E-state index contributed by atoms with van der Waals surface area (Å²) in [5, 5.41) is 5.88. The summed E-state index contributed by atoms with van der Waals surface area (Å²) in [5.74, 6) is 0.708. The predicted octanol–water partition coefficient (Wildman–Crippen LogP) is 14.5. The Hall–Kier alpha value is -8.08. The molecule has 12 rings (SSSR count). The van der Waals surface area contributed by atoms with E-state index >= 15 is 0 Å². The van der Waals surface area contributed by atoms with Gasteiger partial charge in [-0.15, -0.1) is 0 Å². The molecule has 4 nitrogen and oxygen atoms in total. The molecule has 0 fully saturated rings. The van der Waals surface area contributed by atoms with Crippen molar-refractivity contribution < 1.29 is 0 Å². The zero-order chi connectivity index (χ0) is 39.6. The molecule has 280 valence electrons. The SMILES string of the molecule is c1ccc(-c2c3ccccc3n3c4ccccc4n(-c4ccc(-c5cccc(-c6cc(-c7cccc8ccccc78)nc(-c7cccc8ccccc78)n6)c5)cc4)c23)cc1. The minimum Gasteiger partial charge on any atom is -0.293 e. The lowest BCUT2D eigenvalue weighted by atomic mass is 9.98. The second kappa shape index (κ2) is 13.8. The van der Waals surface area contributed by atoms with E-state index in [1.807, 2.05) is 0 Å². The van der Waals surface area contributed by atoms with Crippen LogP contribution in [0.1, 0.15) is 0 Å². The number of nitrogens with zero attached hydrogens (tertiary/aromatic N) is 4. The molecule has 0 radical (unpaired) electrons. The van der Waals surface area contributed by atoms with E-state index in [0.29, 0.717) is 5.82 Å². The first kappa shape index (κ1) is 34.0. The molecule has 9 aromatic carbocycles. The summed E-state index contributed by atoms with van der Waals surface area (Å²) in [5.41, 5.74) is 15.4. The first-order valence-corrected chi connectivity index (χ1v) is 20.4. The van der Waals surface area contributed by atoms with Crippen LogP contribution in [0.15, 0.2) is 218 Å². The Bertz CT molecular complexity index is 3490. The molecule has 60 heavy (non-hydrogen) atoms. The third-order valence-electron chi connectivity index (χ3n) is 11.9. The van der Waals surface area contributed by atoms with Crippen molar-refractivity contribution in [2.24, 2.45) is 0 Å². The van der Waals surface area contributed by atoms with Crippen LogP contribution in [0.5, 0.6) is 0 Å². The minimum atomic E-state index is 0.708. The molecule has 0 aliphatic carbocycles. The molecule has 0 N–H and O–H groups in total. The summed E-state index contributed by atoms with van der Waals surface area (Å²) in [7, 11) is 0. The maximum absolute atomic E-state index is 5.30. The highest BCUT2D eigenvalue weighted by Crippen LogP contribution is 2.41. The molecule has 0 aliphatic rings. The van der Waals surface area contributed by atoms with Crippen LogP contribution in [0.2, 0.25) is 0 Å². The molecule has 0 spiro atoms. The molecule has 3 heterocycles. The van der Waals surface area contributed by atoms with Crippen molar-refractivity contribution in [3.05, 3.63) is 218 Å². The molecule has 0 unspecified atom stereocenters. The van der Waals surface area contributed by atoms with Crippen LogP contribution >= 0.6 is 0 Å². The van der Waals surface area contributed by atoms with E-state index in [4.69, 9.17) is 9.97 Å². The summed E-state index contributed by atoms with van der Waals surface area (Å²) in [6.45, 7) is 0. The molecule has 0 amide bonds. The maximum Gasteiger partial charge on any atom is 0.161 e. The first-order valence-electron chi connectivity index (χ1n) is 20.4. The second-order valence-electron chi connectivity index (χ2n) is 15.4. The van der Waals surface area contributed by atoms with Crippen molar-refractivity contribution in [2.45, 2.75) is 0 Å². The number of hydrogen-bond acceptors (Lipinski definition) is 2. The van der Waals surface area contributed by atoms with E-state index in [1.54, 1.807) is 0 Å². The van der Waals surface area contributed by atoms with Crippen molar-refractivity contribution in [1.82, 2.24) is 18.9 Å². The van der Waals surface area contributed by atoms with Gasteiger partial charge in [-0.3, -0.25) is 8.97 Å². The number of benzene rings is 9. The molecular formula is C56H36N4. The van der Waals surface area contributed by atoms with Crippen LogP contribution in [-0.2, 0) is 0 Å². The minimum absolute atomic E-state index is 0.708. The maximum atomic E-state index is 5.30. The highest BCUT2D eigenvalue weighted by molar-refractivity contribution is 6.09. The summed E-state index contributed by atoms with van der Waals surface area (Å²) in [6, 6.07) is 77.9. The molecule has 0 bridgehead atoms. The number of para-hydroxylation sites is 3. The van der Waals surface area contributed by atoms with E-state index < -0.39 is 0 Å². The van der Waals surface area contributed by atoms with Gasteiger partial charge in [0.25, 0.3) is 0 Å². The molecule has 0 saturated carbocycles. The van der Waals surface area contributed by atoms with Crippen LogP contribution in [0.3, 0.4) is 0 Å². The number of fused-ring (bicyclic) bond motifs is 7. The van der Waals surface area contributed by atoms with E-state index in [-0.39, 0.29) is 0 Å². The van der Waals surface area contributed by atoms with Gasteiger partial charge in [-0.2, -0.15) is 0 Å². The largest absolute Gasteiger partial charge is 0.293 e. The molecule has 0 saturated heterocycles. The quantitative estimate of drug-likeness (QED) is 0.169. The van der Waals surface area contributed by atoms with Gasteiger partial charge in [-0.1, -0.05) is 176 Å². The Morgan fingerprint density at radius 1 is 0.333 bits per heavy atom. The van der Waals surface area contributed by atoms with E-state index in [9.17, 15) is 0 Å². The van der Waals surface area contributed by atoms with Crippen molar-refractivity contribution in [3.63, 3.8) is 0 Å². The van der Waals surface area contributed by atoms with Gasteiger partial charge in [0.1, 0.15) is 5.65 Å². The van der Waals surface area contributed by atoms with Gasteiger partial charge in [-0.05, 0) is 80.7 Å². The Kier molecular flexibility index (Phi) is 7.82. The summed E-state index contributed by atoms with van der Waals surface area (Å²) in [6.07, 6.45) is 0. The van der Waals surface area contributed by atoms with Gasteiger partial charge in [0.05, 0.1) is 27.9 Å². The molecule has 12 aromatic rings. The Morgan fingerprint density at radius 2 is 0.883 bits per heavy atom. The van der Waals surface area contributed by atoms with Crippen molar-refractivity contribution in [1.29, 1.82) is 0 Å². The predicted molar refractivity (Wildman–Crippen MR) is 250 cm³/mol.